The second-order valence-corrected chi connectivity index (χ2v) is 7.44. The van der Waals surface area contributed by atoms with Crippen LogP contribution in [0, 0.1) is 0 Å². The maximum atomic E-state index is 6.03. The molecule has 5 nitrogen and oxygen atoms in total. The summed E-state index contributed by atoms with van der Waals surface area (Å²) in [7, 11) is 1.64. The number of hydrogen-bond donors (Lipinski definition) is 0. The van der Waals surface area contributed by atoms with E-state index in [2.05, 4.69) is 4.98 Å². The minimum Gasteiger partial charge on any atom is -0.493 e. The summed E-state index contributed by atoms with van der Waals surface area (Å²) in [5.41, 5.74) is 2.76. The fourth-order valence-electron chi connectivity index (χ4n) is 3.25. The van der Waals surface area contributed by atoms with Crippen molar-refractivity contribution in [1.82, 2.24) is 14.5 Å². The predicted molar refractivity (Wildman–Crippen MR) is 122 cm³/mol. The van der Waals surface area contributed by atoms with Gasteiger partial charge in [0.2, 0.25) is 0 Å². The molecule has 4 rings (SSSR count). The largest absolute Gasteiger partial charge is 0.493 e. The fourth-order valence-corrected chi connectivity index (χ4v) is 3.36. The van der Waals surface area contributed by atoms with Crippen molar-refractivity contribution in [3.63, 3.8) is 0 Å². The van der Waals surface area contributed by atoms with Crippen LogP contribution in [0.4, 0.5) is 0 Å². The SMILES string of the molecule is COc1cccc(/C=C/c2nc3ccccc3n2-c2ccc(Cl)cn2)c1OC(C)C. The van der Waals surface area contributed by atoms with Gasteiger partial charge in [-0.15, -0.1) is 0 Å². The summed E-state index contributed by atoms with van der Waals surface area (Å²) in [6, 6.07) is 17.5. The molecule has 4 aromatic rings. The van der Waals surface area contributed by atoms with Crippen LogP contribution in [0.25, 0.3) is 29.0 Å². The van der Waals surface area contributed by atoms with Gasteiger partial charge in [0.05, 0.1) is 29.3 Å². The molecule has 0 unspecified atom stereocenters. The van der Waals surface area contributed by atoms with Gasteiger partial charge in [-0.1, -0.05) is 35.9 Å². The van der Waals surface area contributed by atoms with Gasteiger partial charge in [-0.3, -0.25) is 4.57 Å². The third-order valence-corrected chi connectivity index (χ3v) is 4.75. The van der Waals surface area contributed by atoms with Crippen molar-refractivity contribution in [3.8, 4) is 17.3 Å². The fraction of sp³-hybridized carbons (Fsp3) is 0.167. The number of ether oxygens (including phenoxy) is 2. The first-order valence-electron chi connectivity index (χ1n) is 9.68. The molecule has 0 saturated carbocycles. The lowest BCUT2D eigenvalue weighted by molar-refractivity contribution is 0.229. The van der Waals surface area contributed by atoms with Crippen molar-refractivity contribution in [2.45, 2.75) is 20.0 Å². The van der Waals surface area contributed by atoms with Crippen molar-refractivity contribution < 1.29 is 9.47 Å². The van der Waals surface area contributed by atoms with Gasteiger partial charge in [0, 0.05) is 11.8 Å². The van der Waals surface area contributed by atoms with Gasteiger partial charge in [-0.25, -0.2) is 9.97 Å². The molecular weight excluding hydrogens is 398 g/mol. The topological polar surface area (TPSA) is 49.2 Å². The number of hydrogen-bond acceptors (Lipinski definition) is 4. The number of fused-ring (bicyclic) bond motifs is 1. The van der Waals surface area contributed by atoms with Crippen molar-refractivity contribution in [2.75, 3.05) is 7.11 Å². The molecule has 0 aliphatic rings. The van der Waals surface area contributed by atoms with E-state index in [0.29, 0.717) is 16.5 Å². The second kappa shape index (κ2) is 8.59. The Hall–Kier alpha value is -3.31. The molecule has 0 saturated heterocycles. The summed E-state index contributed by atoms with van der Waals surface area (Å²) in [5, 5.41) is 0.590. The van der Waals surface area contributed by atoms with Crippen molar-refractivity contribution >= 4 is 34.8 Å². The van der Waals surface area contributed by atoms with E-state index in [0.717, 1.165) is 28.2 Å². The van der Waals surface area contributed by atoms with Crippen LogP contribution in [-0.4, -0.2) is 27.7 Å². The zero-order valence-corrected chi connectivity index (χ0v) is 17.8. The molecule has 0 bridgehead atoms. The lowest BCUT2D eigenvalue weighted by Gasteiger charge is -2.15. The van der Waals surface area contributed by atoms with E-state index in [1.807, 2.05) is 85.2 Å². The number of nitrogens with zero attached hydrogens (tertiary/aromatic N) is 3. The molecular formula is C24H22ClN3O2. The number of methoxy groups -OCH3 is 1. The molecule has 0 fully saturated rings. The molecule has 30 heavy (non-hydrogen) atoms. The number of aromatic nitrogens is 3. The van der Waals surface area contributed by atoms with Gasteiger partial charge < -0.3 is 9.47 Å². The Bertz CT molecular complexity index is 1200. The van der Waals surface area contributed by atoms with Crippen LogP contribution < -0.4 is 9.47 Å². The Morgan fingerprint density at radius 2 is 1.83 bits per heavy atom. The molecule has 2 aromatic carbocycles. The molecule has 0 radical (unpaired) electrons. The van der Waals surface area contributed by atoms with Gasteiger partial charge in [-0.05, 0) is 56.3 Å². The molecule has 0 amide bonds. The maximum Gasteiger partial charge on any atom is 0.168 e. The van der Waals surface area contributed by atoms with Crippen LogP contribution in [0.2, 0.25) is 5.02 Å². The molecule has 0 aliphatic heterocycles. The molecule has 2 heterocycles. The molecule has 6 heteroatoms. The summed E-state index contributed by atoms with van der Waals surface area (Å²) in [6.45, 7) is 3.98. The van der Waals surface area contributed by atoms with Crippen LogP contribution in [-0.2, 0) is 0 Å². The molecule has 0 aliphatic carbocycles. The minimum absolute atomic E-state index is 0.0243. The molecule has 0 spiro atoms. The van der Waals surface area contributed by atoms with E-state index in [1.54, 1.807) is 13.3 Å². The third kappa shape index (κ3) is 4.02. The lowest BCUT2D eigenvalue weighted by atomic mass is 10.1. The Morgan fingerprint density at radius 3 is 2.57 bits per heavy atom. The number of halogens is 1. The average Bonchev–Trinajstić information content (AvgIpc) is 3.11. The average molecular weight is 420 g/mol. The van der Waals surface area contributed by atoms with Gasteiger partial charge in [0.15, 0.2) is 11.5 Å². The molecule has 0 atom stereocenters. The highest BCUT2D eigenvalue weighted by Gasteiger charge is 2.13. The standard InChI is InChI=1S/C24H22ClN3O2/c1-16(2)30-24-17(7-6-10-21(24)29-3)11-13-23-27-19-8-4-5-9-20(19)28(23)22-14-12-18(25)15-26-22/h4-16H,1-3H3/b13-11+. The lowest BCUT2D eigenvalue weighted by Crippen LogP contribution is -2.07. The van der Waals surface area contributed by atoms with Crippen LogP contribution in [0.1, 0.15) is 25.2 Å². The highest BCUT2D eigenvalue weighted by atomic mass is 35.5. The molecule has 2 aromatic heterocycles. The van der Waals surface area contributed by atoms with Crippen LogP contribution >= 0.6 is 11.6 Å². The first-order valence-corrected chi connectivity index (χ1v) is 10.1. The number of para-hydroxylation sites is 3. The number of pyridine rings is 1. The maximum absolute atomic E-state index is 6.03. The zero-order valence-electron chi connectivity index (χ0n) is 17.0. The van der Waals surface area contributed by atoms with Crippen LogP contribution in [0.3, 0.4) is 0 Å². The van der Waals surface area contributed by atoms with Gasteiger partial charge in [-0.2, -0.15) is 0 Å². The number of benzene rings is 2. The summed E-state index contributed by atoms with van der Waals surface area (Å²) in [4.78, 5) is 9.27. The van der Waals surface area contributed by atoms with Crippen molar-refractivity contribution in [2.24, 2.45) is 0 Å². The van der Waals surface area contributed by atoms with Gasteiger partial charge in [0.1, 0.15) is 11.6 Å². The number of rotatable bonds is 6. The molecule has 152 valence electrons. The highest BCUT2D eigenvalue weighted by molar-refractivity contribution is 6.30. The van der Waals surface area contributed by atoms with E-state index in [4.69, 9.17) is 26.1 Å². The summed E-state index contributed by atoms with van der Waals surface area (Å²) < 4.78 is 13.5. The van der Waals surface area contributed by atoms with E-state index in [-0.39, 0.29) is 6.10 Å². The quantitative estimate of drug-likeness (QED) is 0.382. The smallest absolute Gasteiger partial charge is 0.168 e. The third-order valence-electron chi connectivity index (χ3n) is 4.52. The second-order valence-electron chi connectivity index (χ2n) is 7.01. The predicted octanol–water partition coefficient (Wildman–Crippen LogP) is 6.04. The first-order chi connectivity index (χ1) is 14.6. The molecule has 0 N–H and O–H groups in total. The Balaban J connectivity index is 1.83. The Morgan fingerprint density at radius 1 is 1.00 bits per heavy atom. The van der Waals surface area contributed by atoms with Gasteiger partial charge >= 0.3 is 0 Å². The van der Waals surface area contributed by atoms with E-state index >= 15 is 0 Å². The van der Waals surface area contributed by atoms with E-state index in [9.17, 15) is 0 Å². The Labute approximate surface area is 180 Å². The normalized spacial score (nSPS) is 11.5. The van der Waals surface area contributed by atoms with E-state index < -0.39 is 0 Å². The first kappa shape index (κ1) is 20.0. The van der Waals surface area contributed by atoms with Crippen LogP contribution in [0.15, 0.2) is 60.8 Å². The Kier molecular flexibility index (Phi) is 5.72. The monoisotopic (exact) mass is 419 g/mol. The summed E-state index contributed by atoms with van der Waals surface area (Å²) >= 11 is 6.03. The highest BCUT2D eigenvalue weighted by Crippen LogP contribution is 2.33. The van der Waals surface area contributed by atoms with Crippen LogP contribution in [0.5, 0.6) is 11.5 Å². The number of imidazole rings is 1. The summed E-state index contributed by atoms with van der Waals surface area (Å²) in [6.07, 6.45) is 5.60. The van der Waals surface area contributed by atoms with Crippen molar-refractivity contribution in [1.29, 1.82) is 0 Å². The van der Waals surface area contributed by atoms with Crippen molar-refractivity contribution in [3.05, 3.63) is 77.2 Å². The van der Waals surface area contributed by atoms with E-state index in [1.165, 1.54) is 0 Å². The summed E-state index contributed by atoms with van der Waals surface area (Å²) in [5.74, 6) is 2.90. The van der Waals surface area contributed by atoms with Gasteiger partial charge in [0.25, 0.3) is 0 Å². The minimum atomic E-state index is 0.0243. The zero-order chi connectivity index (χ0) is 21.1.